The fraction of sp³-hybridized carbons (Fsp3) is 0.130. The molecule has 0 aliphatic rings. The lowest BCUT2D eigenvalue weighted by Gasteiger charge is -2.20. The van der Waals surface area contributed by atoms with Crippen LogP contribution in [0.5, 0.6) is 0 Å². The van der Waals surface area contributed by atoms with Crippen molar-refractivity contribution < 1.29 is 14.0 Å². The topological polar surface area (TPSA) is 62.6 Å². The van der Waals surface area contributed by atoms with Gasteiger partial charge in [-0.3, -0.25) is 9.59 Å². The van der Waals surface area contributed by atoms with Gasteiger partial charge >= 0.3 is 0 Å². The van der Waals surface area contributed by atoms with Crippen molar-refractivity contribution in [1.82, 2.24) is 5.32 Å². The second-order valence-corrected chi connectivity index (χ2v) is 7.69. The Balaban J connectivity index is 1.56. The summed E-state index contributed by atoms with van der Waals surface area (Å²) >= 11 is 1.37. The fourth-order valence-corrected chi connectivity index (χ4v) is 3.89. The predicted molar refractivity (Wildman–Crippen MR) is 116 cm³/mol. The lowest BCUT2D eigenvalue weighted by molar-refractivity contribution is 0.0936. The number of carbonyl (C=O) groups excluding carboxylic acids is 2. The van der Waals surface area contributed by atoms with E-state index >= 15 is 0 Å². The summed E-state index contributed by atoms with van der Waals surface area (Å²) in [4.78, 5) is 27.8. The smallest absolute Gasteiger partial charge is 0.268 e. The number of thiophene rings is 1. The third kappa shape index (κ3) is 3.79. The van der Waals surface area contributed by atoms with Gasteiger partial charge in [0.15, 0.2) is 0 Å². The Kier molecular flexibility index (Phi) is 5.18. The molecule has 1 atom stereocenters. The van der Waals surface area contributed by atoms with Gasteiger partial charge in [0.2, 0.25) is 0 Å². The third-order valence-electron chi connectivity index (χ3n) is 4.77. The normalized spacial score (nSPS) is 11.9. The van der Waals surface area contributed by atoms with Crippen molar-refractivity contribution in [2.24, 2.45) is 0 Å². The molecule has 2 aromatic heterocycles. The molecular formula is C23H20N2O3S. The number of hydrogen-bond donors (Lipinski definition) is 1. The summed E-state index contributed by atoms with van der Waals surface area (Å²) in [5.41, 5.74) is 1.77. The van der Waals surface area contributed by atoms with Crippen molar-refractivity contribution in [3.05, 3.63) is 88.3 Å². The molecule has 1 N–H and O–H groups in total. The Hall–Kier alpha value is -3.38. The first-order valence-corrected chi connectivity index (χ1v) is 10.1. The van der Waals surface area contributed by atoms with Crippen molar-refractivity contribution in [3.8, 4) is 0 Å². The first kappa shape index (κ1) is 19.0. The SMILES string of the molecule is CC(NC(=O)c1ccccc1N(C)C(=O)c1cccs1)c1cc2ccccc2o1. The van der Waals surface area contributed by atoms with E-state index in [1.165, 1.54) is 16.2 Å². The molecule has 29 heavy (non-hydrogen) atoms. The second-order valence-electron chi connectivity index (χ2n) is 6.74. The van der Waals surface area contributed by atoms with E-state index in [4.69, 9.17) is 4.42 Å². The van der Waals surface area contributed by atoms with Gasteiger partial charge in [-0.1, -0.05) is 36.4 Å². The van der Waals surface area contributed by atoms with Gasteiger partial charge in [-0.2, -0.15) is 0 Å². The number of anilines is 1. The molecule has 4 rings (SSSR count). The molecule has 0 radical (unpaired) electrons. The summed E-state index contributed by atoms with van der Waals surface area (Å²) in [5.74, 6) is 0.269. The quantitative estimate of drug-likeness (QED) is 0.493. The fourth-order valence-electron chi connectivity index (χ4n) is 3.19. The monoisotopic (exact) mass is 404 g/mol. The number of carbonyl (C=O) groups is 2. The van der Waals surface area contributed by atoms with Crippen LogP contribution in [-0.4, -0.2) is 18.9 Å². The van der Waals surface area contributed by atoms with Gasteiger partial charge in [-0.05, 0) is 42.6 Å². The molecule has 0 saturated carbocycles. The van der Waals surface area contributed by atoms with Crippen LogP contribution in [0.2, 0.25) is 0 Å². The van der Waals surface area contributed by atoms with Gasteiger partial charge in [0.1, 0.15) is 11.3 Å². The Labute approximate surface area is 172 Å². The van der Waals surface area contributed by atoms with Gasteiger partial charge in [0, 0.05) is 12.4 Å². The highest BCUT2D eigenvalue weighted by molar-refractivity contribution is 7.12. The van der Waals surface area contributed by atoms with E-state index in [0.717, 1.165) is 11.0 Å². The second kappa shape index (κ2) is 7.93. The van der Waals surface area contributed by atoms with E-state index < -0.39 is 0 Å². The van der Waals surface area contributed by atoms with Gasteiger partial charge in [-0.25, -0.2) is 0 Å². The summed E-state index contributed by atoms with van der Waals surface area (Å²) in [7, 11) is 1.68. The van der Waals surface area contributed by atoms with E-state index in [1.54, 1.807) is 31.3 Å². The largest absolute Gasteiger partial charge is 0.459 e. The number of para-hydroxylation sites is 2. The minimum absolute atomic E-state index is 0.148. The molecule has 2 heterocycles. The third-order valence-corrected chi connectivity index (χ3v) is 5.62. The molecule has 146 valence electrons. The highest BCUT2D eigenvalue weighted by atomic mass is 32.1. The minimum atomic E-state index is -0.318. The molecule has 2 amide bonds. The van der Waals surface area contributed by atoms with E-state index in [1.807, 2.05) is 54.8 Å². The zero-order valence-corrected chi connectivity index (χ0v) is 16.9. The maximum absolute atomic E-state index is 13.0. The lowest BCUT2D eigenvalue weighted by atomic mass is 10.1. The Bertz CT molecular complexity index is 1130. The van der Waals surface area contributed by atoms with E-state index in [9.17, 15) is 9.59 Å². The maximum Gasteiger partial charge on any atom is 0.268 e. The average Bonchev–Trinajstić information content (AvgIpc) is 3.42. The summed E-state index contributed by atoms with van der Waals surface area (Å²) < 4.78 is 5.85. The molecule has 5 nitrogen and oxygen atoms in total. The van der Waals surface area contributed by atoms with E-state index in [-0.39, 0.29) is 17.9 Å². The molecule has 0 aliphatic carbocycles. The van der Waals surface area contributed by atoms with Crippen LogP contribution in [0.4, 0.5) is 5.69 Å². The van der Waals surface area contributed by atoms with Crippen LogP contribution in [0.25, 0.3) is 11.0 Å². The van der Waals surface area contributed by atoms with Crippen LogP contribution in [0, 0.1) is 0 Å². The molecule has 0 aliphatic heterocycles. The zero-order chi connectivity index (χ0) is 20.4. The molecule has 2 aromatic carbocycles. The van der Waals surface area contributed by atoms with Crippen LogP contribution >= 0.6 is 11.3 Å². The molecule has 0 fully saturated rings. The van der Waals surface area contributed by atoms with Gasteiger partial charge in [-0.15, -0.1) is 11.3 Å². The Morgan fingerprint density at radius 2 is 1.79 bits per heavy atom. The number of nitrogens with zero attached hydrogens (tertiary/aromatic N) is 1. The molecule has 1 unspecified atom stereocenters. The Morgan fingerprint density at radius 1 is 1.03 bits per heavy atom. The highest BCUT2D eigenvalue weighted by Crippen LogP contribution is 2.26. The average molecular weight is 404 g/mol. The molecule has 0 saturated heterocycles. The van der Waals surface area contributed by atoms with Crippen LogP contribution in [0.15, 0.2) is 76.5 Å². The zero-order valence-electron chi connectivity index (χ0n) is 16.1. The number of benzene rings is 2. The van der Waals surface area contributed by atoms with Gasteiger partial charge < -0.3 is 14.6 Å². The molecule has 0 bridgehead atoms. The number of nitrogens with one attached hydrogen (secondary N) is 1. The lowest BCUT2D eigenvalue weighted by Crippen LogP contribution is -2.31. The van der Waals surface area contributed by atoms with Gasteiger partial charge in [0.05, 0.1) is 22.2 Å². The number of fused-ring (bicyclic) bond motifs is 1. The number of amides is 2. The van der Waals surface area contributed by atoms with Crippen LogP contribution in [-0.2, 0) is 0 Å². The standard InChI is InChI=1S/C23H20N2O3S/c1-15(20-14-16-8-3-6-11-19(16)28-20)24-22(26)17-9-4-5-10-18(17)25(2)23(27)21-12-7-13-29-21/h3-15H,1-2H3,(H,24,26). The van der Waals surface area contributed by atoms with E-state index in [0.29, 0.717) is 21.9 Å². The van der Waals surface area contributed by atoms with Crippen LogP contribution < -0.4 is 10.2 Å². The number of hydrogen-bond acceptors (Lipinski definition) is 4. The highest BCUT2D eigenvalue weighted by Gasteiger charge is 2.22. The van der Waals surface area contributed by atoms with Crippen LogP contribution in [0.1, 0.15) is 38.8 Å². The van der Waals surface area contributed by atoms with Crippen molar-refractivity contribution in [1.29, 1.82) is 0 Å². The van der Waals surface area contributed by atoms with Crippen molar-refractivity contribution in [3.63, 3.8) is 0 Å². The summed E-state index contributed by atoms with van der Waals surface area (Å²) in [5, 5.41) is 5.82. The summed E-state index contributed by atoms with van der Waals surface area (Å²) in [6.07, 6.45) is 0. The van der Waals surface area contributed by atoms with Crippen molar-refractivity contribution in [2.45, 2.75) is 13.0 Å². The van der Waals surface area contributed by atoms with Crippen LogP contribution in [0.3, 0.4) is 0 Å². The number of furan rings is 1. The molecule has 4 aromatic rings. The molecular weight excluding hydrogens is 384 g/mol. The summed E-state index contributed by atoms with van der Waals surface area (Å²) in [6, 6.07) is 20.0. The summed E-state index contributed by atoms with van der Waals surface area (Å²) in [6.45, 7) is 1.87. The maximum atomic E-state index is 13.0. The first-order valence-electron chi connectivity index (χ1n) is 9.24. The van der Waals surface area contributed by atoms with Crippen molar-refractivity contribution >= 4 is 39.8 Å². The first-order chi connectivity index (χ1) is 14.0. The predicted octanol–water partition coefficient (Wildman–Crippen LogP) is 5.26. The van der Waals surface area contributed by atoms with E-state index in [2.05, 4.69) is 5.32 Å². The molecule has 0 spiro atoms. The minimum Gasteiger partial charge on any atom is -0.459 e. The van der Waals surface area contributed by atoms with Crippen molar-refractivity contribution in [2.75, 3.05) is 11.9 Å². The molecule has 6 heteroatoms. The van der Waals surface area contributed by atoms with Gasteiger partial charge in [0.25, 0.3) is 11.8 Å². The number of rotatable bonds is 5. The Morgan fingerprint density at radius 3 is 2.55 bits per heavy atom.